The van der Waals surface area contributed by atoms with E-state index in [1.54, 1.807) is 0 Å². The Bertz CT molecular complexity index is 4380. The molecule has 1 aromatic heterocycles. The number of nitrogens with zero attached hydrogens (tertiary/aromatic N) is 5. The number of fused-ring (bicyclic) bond motifs is 8. The van der Waals surface area contributed by atoms with Crippen molar-refractivity contribution in [1.29, 1.82) is 0 Å². The highest BCUT2D eigenvalue weighted by Crippen LogP contribution is 2.50. The van der Waals surface area contributed by atoms with E-state index in [2.05, 4.69) is 277 Å². The van der Waals surface area contributed by atoms with E-state index in [9.17, 15) is 0 Å². The molecule has 3 heterocycles. The molecule has 386 valence electrons. The lowest BCUT2D eigenvalue weighted by Crippen LogP contribution is -2.61. The topological polar surface area (TPSA) is 45.2 Å². The van der Waals surface area contributed by atoms with E-state index in [4.69, 9.17) is 15.0 Å². The van der Waals surface area contributed by atoms with E-state index in [0.29, 0.717) is 17.5 Å². The Labute approximate surface area is 482 Å². The van der Waals surface area contributed by atoms with Crippen molar-refractivity contribution >= 4 is 78.8 Å². The zero-order valence-electron chi connectivity index (χ0n) is 45.2. The summed E-state index contributed by atoms with van der Waals surface area (Å²) >= 11 is 0. The number of benzene rings is 13. The molecule has 16 rings (SSSR count). The van der Waals surface area contributed by atoms with E-state index < -0.39 is 0 Å². The number of rotatable bonds is 9. The lowest BCUT2D eigenvalue weighted by molar-refractivity contribution is 1.07. The first-order valence-electron chi connectivity index (χ1n) is 28.4. The fourth-order valence-electron chi connectivity index (χ4n) is 12.8. The van der Waals surface area contributed by atoms with Gasteiger partial charge < -0.3 is 9.80 Å². The largest absolute Gasteiger partial charge is 0.311 e. The number of anilines is 6. The van der Waals surface area contributed by atoms with Crippen molar-refractivity contribution in [3.05, 3.63) is 303 Å². The third kappa shape index (κ3) is 8.38. The Kier molecular flexibility index (Phi) is 11.6. The molecule has 14 aromatic rings. The van der Waals surface area contributed by atoms with Crippen molar-refractivity contribution in [3.63, 3.8) is 0 Å². The fraction of sp³-hybridized carbons (Fsp3) is 0. The lowest BCUT2D eigenvalue weighted by atomic mass is 9.32. The molecule has 0 bridgehead atoms. The average Bonchev–Trinajstić information content (AvgIpc) is 1.14. The number of aromatic nitrogens is 3. The second-order valence-corrected chi connectivity index (χ2v) is 21.5. The number of hydrogen-bond acceptors (Lipinski definition) is 5. The minimum atomic E-state index is -0.210. The molecule has 0 spiro atoms. The minimum absolute atomic E-state index is 0.210. The van der Waals surface area contributed by atoms with Crippen LogP contribution in [0.25, 0.3) is 100 Å². The molecule has 13 aromatic carbocycles. The predicted octanol–water partition coefficient (Wildman–Crippen LogP) is 17.9. The van der Waals surface area contributed by atoms with Crippen LogP contribution in [0.1, 0.15) is 0 Å². The summed E-state index contributed by atoms with van der Waals surface area (Å²) in [6.07, 6.45) is 0. The predicted molar refractivity (Wildman–Crippen MR) is 347 cm³/mol. The monoisotopic (exact) mass is 1060 g/mol. The van der Waals surface area contributed by atoms with E-state index in [1.165, 1.54) is 37.9 Å². The zero-order valence-corrected chi connectivity index (χ0v) is 45.2. The first-order valence-corrected chi connectivity index (χ1v) is 28.4. The normalized spacial score (nSPS) is 12.3. The summed E-state index contributed by atoms with van der Waals surface area (Å²) in [5.41, 5.74) is 21.9. The van der Waals surface area contributed by atoms with Gasteiger partial charge >= 0.3 is 0 Å². The molecule has 0 saturated carbocycles. The van der Waals surface area contributed by atoms with Crippen LogP contribution in [0.4, 0.5) is 34.1 Å². The zero-order chi connectivity index (χ0) is 54.8. The van der Waals surface area contributed by atoms with Crippen molar-refractivity contribution in [1.82, 2.24) is 15.0 Å². The highest BCUT2D eigenvalue weighted by Gasteiger charge is 2.46. The molecule has 0 amide bonds. The summed E-state index contributed by atoms with van der Waals surface area (Å²) in [5.74, 6) is 1.78. The molecule has 5 nitrogen and oxygen atoms in total. The van der Waals surface area contributed by atoms with Gasteiger partial charge in [-0.1, -0.05) is 243 Å². The van der Waals surface area contributed by atoms with Gasteiger partial charge in [0, 0.05) is 50.8 Å². The van der Waals surface area contributed by atoms with Crippen LogP contribution in [0.2, 0.25) is 0 Å². The molecule has 6 heteroatoms. The Morgan fingerprint density at radius 1 is 0.217 bits per heavy atom. The molecule has 0 saturated heterocycles. The summed E-state index contributed by atoms with van der Waals surface area (Å²) in [6.45, 7) is -0.210. The Morgan fingerprint density at radius 2 is 0.518 bits per heavy atom. The van der Waals surface area contributed by atoms with E-state index in [1.807, 2.05) is 36.4 Å². The van der Waals surface area contributed by atoms with Crippen LogP contribution in [0.5, 0.6) is 0 Å². The molecule has 83 heavy (non-hydrogen) atoms. The van der Waals surface area contributed by atoms with Crippen LogP contribution < -0.4 is 26.2 Å². The van der Waals surface area contributed by atoms with Gasteiger partial charge in [-0.2, -0.15) is 0 Å². The van der Waals surface area contributed by atoms with Crippen LogP contribution in [0, 0.1) is 0 Å². The summed E-state index contributed by atoms with van der Waals surface area (Å²) in [7, 11) is 0. The maximum Gasteiger partial charge on any atom is 0.253 e. The van der Waals surface area contributed by atoms with E-state index in [0.717, 1.165) is 95.3 Å². The standard InChI is InChI=1S/C77H50BN5/c1-7-23-51(24-8-1)59-43-60(52-25-9-2-10-26-52)46-64(45-59)82-68-41-39-55-31-19-21-37-66(55)72(68)78-73-67-38-22-20-32-56(67)40-42-69(73)83(65-47-61(53-27-11-3-12-28-53)44-62(48-65)54-29-13-4-14-30-54)71-50-63(49-70(82)74(71)78)77-80-75(57-33-15-5-16-34-57)79-76(81-77)58-35-17-6-18-36-58/h1-50H. The second kappa shape index (κ2) is 20.0. The molecule has 0 N–H and O–H groups in total. The summed E-state index contributed by atoms with van der Waals surface area (Å²) in [6, 6.07) is 110. The maximum absolute atomic E-state index is 5.48. The third-order valence-electron chi connectivity index (χ3n) is 16.6. The van der Waals surface area contributed by atoms with Crippen LogP contribution in [0.15, 0.2) is 303 Å². The molecule has 2 aliphatic heterocycles. The van der Waals surface area contributed by atoms with Crippen LogP contribution in [-0.2, 0) is 0 Å². The summed E-state index contributed by atoms with van der Waals surface area (Å²) in [5, 5.41) is 4.81. The second-order valence-electron chi connectivity index (χ2n) is 21.5. The molecule has 2 aliphatic rings. The average molecular weight is 1060 g/mol. The van der Waals surface area contributed by atoms with E-state index >= 15 is 0 Å². The third-order valence-corrected chi connectivity index (χ3v) is 16.6. The quantitative estimate of drug-likeness (QED) is 0.135. The van der Waals surface area contributed by atoms with Gasteiger partial charge in [0.2, 0.25) is 0 Å². The summed E-state index contributed by atoms with van der Waals surface area (Å²) < 4.78 is 0. The highest BCUT2D eigenvalue weighted by molar-refractivity contribution is 7.03. The first-order chi connectivity index (χ1) is 41.1. The van der Waals surface area contributed by atoms with Crippen molar-refractivity contribution < 1.29 is 0 Å². The lowest BCUT2D eigenvalue weighted by Gasteiger charge is -2.45. The van der Waals surface area contributed by atoms with Crippen LogP contribution >= 0.6 is 0 Å². The number of hydrogen-bond donors (Lipinski definition) is 0. The van der Waals surface area contributed by atoms with Crippen molar-refractivity contribution in [2.24, 2.45) is 0 Å². The summed E-state index contributed by atoms with van der Waals surface area (Å²) in [4.78, 5) is 21.3. The Hall–Kier alpha value is -10.9. The van der Waals surface area contributed by atoms with Crippen molar-refractivity contribution in [2.45, 2.75) is 0 Å². The van der Waals surface area contributed by atoms with E-state index in [-0.39, 0.29) is 6.71 Å². The minimum Gasteiger partial charge on any atom is -0.311 e. The highest BCUT2D eigenvalue weighted by atomic mass is 15.2. The molecular weight excluding hydrogens is 1010 g/mol. The maximum atomic E-state index is 5.48. The molecule has 0 aliphatic carbocycles. The van der Waals surface area contributed by atoms with Gasteiger partial charge in [0.25, 0.3) is 6.71 Å². The fourth-order valence-corrected chi connectivity index (χ4v) is 12.8. The van der Waals surface area contributed by atoms with Gasteiger partial charge in [-0.3, -0.25) is 0 Å². The van der Waals surface area contributed by atoms with Crippen molar-refractivity contribution in [3.8, 4) is 78.7 Å². The van der Waals surface area contributed by atoms with Gasteiger partial charge in [-0.25, -0.2) is 15.0 Å². The van der Waals surface area contributed by atoms with Crippen molar-refractivity contribution in [2.75, 3.05) is 9.80 Å². The Balaban J connectivity index is 1.07. The van der Waals surface area contributed by atoms with Gasteiger partial charge in [0.15, 0.2) is 17.5 Å². The SMILES string of the molecule is c1ccc(-c2cc(-c3ccccc3)cc(N3c4cc(-c5nc(-c6ccccc6)nc(-c6ccccc6)n5)cc5c4B(c4c3ccc3ccccc43)c3c(ccc4ccccc34)N5c3cc(-c4ccccc4)cc(-c4ccccc4)c3)c2)cc1. The smallest absolute Gasteiger partial charge is 0.253 e. The van der Waals surface area contributed by atoms with Gasteiger partial charge in [-0.05, 0) is 143 Å². The van der Waals surface area contributed by atoms with Gasteiger partial charge in [0.1, 0.15) is 0 Å². The first kappa shape index (κ1) is 48.0. The van der Waals surface area contributed by atoms with Crippen LogP contribution in [-0.4, -0.2) is 21.7 Å². The molecule has 0 unspecified atom stereocenters. The molecule has 0 atom stereocenters. The molecule has 0 fully saturated rings. The molecular formula is C77H50BN5. The Morgan fingerprint density at radius 3 is 0.867 bits per heavy atom. The molecule has 0 radical (unpaired) electrons. The van der Waals surface area contributed by atoms with Gasteiger partial charge in [-0.15, -0.1) is 0 Å². The van der Waals surface area contributed by atoms with Crippen LogP contribution in [0.3, 0.4) is 0 Å². The van der Waals surface area contributed by atoms with Gasteiger partial charge in [0.05, 0.1) is 0 Å².